The Morgan fingerprint density at radius 1 is 0.750 bits per heavy atom. The predicted octanol–water partition coefficient (Wildman–Crippen LogP) is 8.66. The highest BCUT2D eigenvalue weighted by Gasteiger charge is 2.09. The lowest BCUT2D eigenvalue weighted by molar-refractivity contribution is -0.0594. The summed E-state index contributed by atoms with van der Waals surface area (Å²) < 4.78 is 11.5. The molecule has 0 aliphatic rings. The van der Waals surface area contributed by atoms with Gasteiger partial charge < -0.3 is 9.47 Å². The number of hydrogen-bond acceptors (Lipinski definition) is 3. The van der Waals surface area contributed by atoms with Crippen molar-refractivity contribution in [1.29, 1.82) is 0 Å². The van der Waals surface area contributed by atoms with Gasteiger partial charge in [-0.3, -0.25) is 4.99 Å². The summed E-state index contributed by atoms with van der Waals surface area (Å²) in [5.41, 5.74) is 3.44. The number of methoxy groups -OCH3 is 1. The smallest absolute Gasteiger partial charge is 0.199 e. The van der Waals surface area contributed by atoms with Crippen LogP contribution in [-0.2, 0) is 11.2 Å². The maximum atomic E-state index is 6.01. The first-order valence-electron chi connectivity index (χ1n) is 12.7. The molecule has 176 valence electrons. The fourth-order valence-corrected chi connectivity index (χ4v) is 3.73. The summed E-state index contributed by atoms with van der Waals surface area (Å²) in [7, 11) is 1.72. The van der Waals surface area contributed by atoms with E-state index in [0.717, 1.165) is 36.3 Å². The minimum Gasteiger partial charge on any atom is -0.465 e. The number of benzene rings is 2. The standard InChI is InChI=1S/C29H43NO2/c1-4-6-8-9-10-11-12-13-15-29(31-3)32-28-22-20-27(21-23-28)30-24-26-18-16-25(17-19-26)14-7-5-2/h16-24,29H,4-15H2,1-3H3. The summed E-state index contributed by atoms with van der Waals surface area (Å²) in [6, 6.07) is 16.6. The SMILES string of the molecule is CCCCCCCCCCC(OC)Oc1ccc(N=Cc2ccc(CCCC)cc2)cc1. The molecule has 0 bridgehead atoms. The number of aryl methyl sites for hydroxylation is 1. The Bertz CT molecular complexity index is 737. The van der Waals surface area contributed by atoms with Gasteiger partial charge in [0.25, 0.3) is 0 Å². The van der Waals surface area contributed by atoms with E-state index in [1.807, 2.05) is 30.5 Å². The van der Waals surface area contributed by atoms with Gasteiger partial charge >= 0.3 is 0 Å². The van der Waals surface area contributed by atoms with Crippen LogP contribution in [0, 0.1) is 0 Å². The van der Waals surface area contributed by atoms with E-state index in [4.69, 9.17) is 9.47 Å². The zero-order valence-corrected chi connectivity index (χ0v) is 20.5. The van der Waals surface area contributed by atoms with E-state index in [0.29, 0.717) is 0 Å². The van der Waals surface area contributed by atoms with Gasteiger partial charge in [-0.05, 0) is 54.7 Å². The molecule has 0 aliphatic heterocycles. The van der Waals surface area contributed by atoms with Crippen LogP contribution in [0.15, 0.2) is 53.5 Å². The summed E-state index contributed by atoms with van der Waals surface area (Å²) in [4.78, 5) is 4.59. The lowest BCUT2D eigenvalue weighted by Crippen LogP contribution is -2.18. The maximum absolute atomic E-state index is 6.01. The summed E-state index contributed by atoms with van der Waals surface area (Å²) >= 11 is 0. The second-order valence-electron chi connectivity index (χ2n) is 8.64. The molecule has 2 aromatic rings. The number of ether oxygens (including phenoxy) is 2. The maximum Gasteiger partial charge on any atom is 0.199 e. The molecule has 0 N–H and O–H groups in total. The van der Waals surface area contributed by atoms with Crippen LogP contribution in [0.2, 0.25) is 0 Å². The van der Waals surface area contributed by atoms with Crippen molar-refractivity contribution in [3.05, 3.63) is 59.7 Å². The van der Waals surface area contributed by atoms with Crippen molar-refractivity contribution in [3.63, 3.8) is 0 Å². The van der Waals surface area contributed by atoms with E-state index >= 15 is 0 Å². The van der Waals surface area contributed by atoms with Crippen LogP contribution in [0.25, 0.3) is 0 Å². The van der Waals surface area contributed by atoms with Gasteiger partial charge in [0, 0.05) is 19.7 Å². The Hall–Kier alpha value is -2.13. The van der Waals surface area contributed by atoms with Gasteiger partial charge in [0.05, 0.1) is 5.69 Å². The average molecular weight is 438 g/mol. The quantitative estimate of drug-likeness (QED) is 0.141. The minimum absolute atomic E-state index is 0.185. The van der Waals surface area contributed by atoms with Crippen LogP contribution in [-0.4, -0.2) is 19.6 Å². The van der Waals surface area contributed by atoms with Gasteiger partial charge in [-0.1, -0.05) is 89.5 Å². The lowest BCUT2D eigenvalue weighted by atomic mass is 10.1. The van der Waals surface area contributed by atoms with Crippen LogP contribution in [0.3, 0.4) is 0 Å². The number of hydrogen-bond donors (Lipinski definition) is 0. The monoisotopic (exact) mass is 437 g/mol. The molecule has 0 radical (unpaired) electrons. The van der Waals surface area contributed by atoms with E-state index in [1.54, 1.807) is 7.11 Å². The second-order valence-corrected chi connectivity index (χ2v) is 8.64. The second kappa shape index (κ2) is 16.5. The first-order valence-corrected chi connectivity index (χ1v) is 12.7. The molecule has 2 aromatic carbocycles. The molecule has 1 unspecified atom stereocenters. The van der Waals surface area contributed by atoms with E-state index in [-0.39, 0.29) is 6.29 Å². The molecule has 1 atom stereocenters. The third kappa shape index (κ3) is 10.9. The zero-order valence-electron chi connectivity index (χ0n) is 20.5. The fraction of sp³-hybridized carbons (Fsp3) is 0.552. The Balaban J connectivity index is 1.72. The largest absolute Gasteiger partial charge is 0.465 e. The van der Waals surface area contributed by atoms with Gasteiger partial charge in [-0.25, -0.2) is 0 Å². The summed E-state index contributed by atoms with van der Waals surface area (Å²) in [5.74, 6) is 0.829. The number of unbranched alkanes of at least 4 members (excludes halogenated alkanes) is 8. The van der Waals surface area contributed by atoms with E-state index in [1.165, 1.54) is 63.4 Å². The molecule has 0 aliphatic carbocycles. The molecule has 0 heterocycles. The molecule has 2 rings (SSSR count). The van der Waals surface area contributed by atoms with Gasteiger partial charge in [-0.2, -0.15) is 0 Å². The summed E-state index contributed by atoms with van der Waals surface area (Å²) in [6.07, 6.45) is 16.8. The summed E-state index contributed by atoms with van der Waals surface area (Å²) in [6.45, 7) is 4.49. The van der Waals surface area contributed by atoms with E-state index in [2.05, 4.69) is 43.1 Å². The van der Waals surface area contributed by atoms with Gasteiger partial charge in [0.15, 0.2) is 6.29 Å². The van der Waals surface area contributed by atoms with Crippen molar-refractivity contribution in [2.75, 3.05) is 7.11 Å². The van der Waals surface area contributed by atoms with Gasteiger partial charge in [0.1, 0.15) is 5.75 Å². The first-order chi connectivity index (χ1) is 15.7. The third-order valence-electron chi connectivity index (χ3n) is 5.82. The lowest BCUT2D eigenvalue weighted by Gasteiger charge is -2.17. The third-order valence-corrected chi connectivity index (χ3v) is 5.82. The number of nitrogens with zero attached hydrogens (tertiary/aromatic N) is 1. The van der Waals surface area contributed by atoms with Crippen LogP contribution < -0.4 is 4.74 Å². The van der Waals surface area contributed by atoms with Crippen molar-refractivity contribution >= 4 is 11.9 Å². The van der Waals surface area contributed by atoms with E-state index in [9.17, 15) is 0 Å². The van der Waals surface area contributed by atoms with Crippen molar-refractivity contribution in [3.8, 4) is 5.75 Å². The molecule has 0 spiro atoms. The Morgan fingerprint density at radius 3 is 2.00 bits per heavy atom. The van der Waals surface area contributed by atoms with Gasteiger partial charge in [0.2, 0.25) is 0 Å². The summed E-state index contributed by atoms with van der Waals surface area (Å²) in [5, 5.41) is 0. The van der Waals surface area contributed by atoms with Crippen LogP contribution in [0.1, 0.15) is 95.6 Å². The molecule has 32 heavy (non-hydrogen) atoms. The topological polar surface area (TPSA) is 30.8 Å². The van der Waals surface area contributed by atoms with Gasteiger partial charge in [-0.15, -0.1) is 0 Å². The number of aliphatic imine (C=N–C) groups is 1. The molecular formula is C29H43NO2. The van der Waals surface area contributed by atoms with E-state index < -0.39 is 0 Å². The molecule has 3 nitrogen and oxygen atoms in total. The zero-order chi connectivity index (χ0) is 22.9. The minimum atomic E-state index is -0.185. The Kier molecular flexibility index (Phi) is 13.5. The van der Waals surface area contributed by atoms with Crippen molar-refractivity contribution in [2.24, 2.45) is 4.99 Å². The normalized spacial score (nSPS) is 12.3. The molecular weight excluding hydrogens is 394 g/mol. The molecule has 0 saturated heterocycles. The molecule has 0 aromatic heterocycles. The van der Waals surface area contributed by atoms with Crippen molar-refractivity contribution in [1.82, 2.24) is 0 Å². The van der Waals surface area contributed by atoms with Crippen molar-refractivity contribution < 1.29 is 9.47 Å². The average Bonchev–Trinajstić information content (AvgIpc) is 2.83. The first kappa shape index (κ1) is 26.1. The van der Waals surface area contributed by atoms with Crippen molar-refractivity contribution in [2.45, 2.75) is 97.2 Å². The van der Waals surface area contributed by atoms with Crippen LogP contribution >= 0.6 is 0 Å². The molecule has 0 fully saturated rings. The Labute approximate surface area is 196 Å². The van der Waals surface area contributed by atoms with Crippen LogP contribution in [0.4, 0.5) is 5.69 Å². The predicted molar refractivity (Wildman–Crippen MR) is 137 cm³/mol. The highest BCUT2D eigenvalue weighted by Crippen LogP contribution is 2.21. The highest BCUT2D eigenvalue weighted by molar-refractivity contribution is 5.81. The number of rotatable bonds is 17. The van der Waals surface area contributed by atoms with Crippen LogP contribution in [0.5, 0.6) is 5.75 Å². The Morgan fingerprint density at radius 2 is 1.38 bits per heavy atom. The molecule has 3 heteroatoms. The highest BCUT2D eigenvalue weighted by atomic mass is 16.7. The molecule has 0 amide bonds. The fourth-order valence-electron chi connectivity index (χ4n) is 3.73. The molecule has 0 saturated carbocycles.